The van der Waals surface area contributed by atoms with Crippen molar-refractivity contribution in [1.82, 2.24) is 14.9 Å². The van der Waals surface area contributed by atoms with E-state index in [-0.39, 0.29) is 16.7 Å². The summed E-state index contributed by atoms with van der Waals surface area (Å²) in [6.45, 7) is 3.44. The van der Waals surface area contributed by atoms with Gasteiger partial charge in [0.05, 0.1) is 16.3 Å². The fraction of sp³-hybridized carbons (Fsp3) is 0.412. The minimum atomic E-state index is -4.45. The second kappa shape index (κ2) is 8.55. The number of halogens is 4. The van der Waals surface area contributed by atoms with Gasteiger partial charge in [0.25, 0.3) is 0 Å². The highest BCUT2D eigenvalue weighted by atomic mass is 35.5. The summed E-state index contributed by atoms with van der Waals surface area (Å²) in [5.74, 6) is 0.781. The molecule has 5 nitrogen and oxygen atoms in total. The van der Waals surface area contributed by atoms with E-state index in [0.29, 0.717) is 11.5 Å². The third-order valence-corrected chi connectivity index (χ3v) is 3.81. The van der Waals surface area contributed by atoms with Gasteiger partial charge in [-0.1, -0.05) is 11.6 Å². The van der Waals surface area contributed by atoms with Crippen LogP contribution >= 0.6 is 11.6 Å². The SMILES string of the molecule is Cc1cc(NCCCN(C)C)nc(Nc2cc(C(F)(F)F)ccc2Cl)n1. The lowest BCUT2D eigenvalue weighted by atomic mass is 10.2. The summed E-state index contributed by atoms with van der Waals surface area (Å²) < 4.78 is 38.6. The Morgan fingerprint density at radius 3 is 2.54 bits per heavy atom. The number of alkyl halides is 3. The van der Waals surface area contributed by atoms with Crippen molar-refractivity contribution in [2.24, 2.45) is 0 Å². The summed E-state index contributed by atoms with van der Waals surface area (Å²) in [6.07, 6.45) is -3.52. The van der Waals surface area contributed by atoms with Gasteiger partial charge in [0.2, 0.25) is 5.95 Å². The molecule has 1 aromatic carbocycles. The molecule has 142 valence electrons. The monoisotopic (exact) mass is 387 g/mol. The molecule has 0 fully saturated rings. The number of hydrogen-bond donors (Lipinski definition) is 2. The summed E-state index contributed by atoms with van der Waals surface area (Å²) in [7, 11) is 3.99. The van der Waals surface area contributed by atoms with Crippen molar-refractivity contribution in [1.29, 1.82) is 0 Å². The number of hydrogen-bond acceptors (Lipinski definition) is 5. The maximum absolute atomic E-state index is 12.9. The van der Waals surface area contributed by atoms with Gasteiger partial charge in [0.15, 0.2) is 0 Å². The number of nitrogens with one attached hydrogen (secondary N) is 2. The second-order valence-corrected chi connectivity index (χ2v) is 6.53. The normalized spacial score (nSPS) is 11.7. The Labute approximate surface area is 155 Å². The number of aryl methyl sites for hydroxylation is 1. The number of nitrogens with zero attached hydrogens (tertiary/aromatic N) is 3. The lowest BCUT2D eigenvalue weighted by Crippen LogP contribution is -2.17. The minimum absolute atomic E-state index is 0.102. The molecular weight excluding hydrogens is 367 g/mol. The van der Waals surface area contributed by atoms with Gasteiger partial charge in [0.1, 0.15) is 5.82 Å². The zero-order chi connectivity index (χ0) is 19.3. The highest BCUT2D eigenvalue weighted by molar-refractivity contribution is 6.33. The van der Waals surface area contributed by atoms with Crippen LogP contribution < -0.4 is 10.6 Å². The molecule has 0 aliphatic carbocycles. The zero-order valence-electron chi connectivity index (χ0n) is 14.8. The van der Waals surface area contributed by atoms with Crippen LogP contribution in [0.1, 0.15) is 17.7 Å². The van der Waals surface area contributed by atoms with E-state index < -0.39 is 11.7 Å². The van der Waals surface area contributed by atoms with Crippen LogP contribution in [0.5, 0.6) is 0 Å². The maximum atomic E-state index is 12.9. The Hall–Kier alpha value is -2.06. The van der Waals surface area contributed by atoms with E-state index in [9.17, 15) is 13.2 Å². The molecule has 2 N–H and O–H groups in total. The highest BCUT2D eigenvalue weighted by Crippen LogP contribution is 2.34. The molecule has 0 amide bonds. The first-order valence-electron chi connectivity index (χ1n) is 8.03. The molecule has 1 aromatic heterocycles. The van der Waals surface area contributed by atoms with Crippen molar-refractivity contribution in [2.45, 2.75) is 19.5 Å². The van der Waals surface area contributed by atoms with Crippen molar-refractivity contribution in [2.75, 3.05) is 37.8 Å². The van der Waals surface area contributed by atoms with Gasteiger partial charge < -0.3 is 15.5 Å². The van der Waals surface area contributed by atoms with Crippen LogP contribution in [0, 0.1) is 6.92 Å². The van der Waals surface area contributed by atoms with E-state index in [1.165, 1.54) is 6.07 Å². The van der Waals surface area contributed by atoms with Crippen molar-refractivity contribution in [3.05, 3.63) is 40.5 Å². The maximum Gasteiger partial charge on any atom is 0.416 e. The lowest BCUT2D eigenvalue weighted by Gasteiger charge is -2.13. The largest absolute Gasteiger partial charge is 0.416 e. The van der Waals surface area contributed by atoms with Crippen LogP contribution in [0.25, 0.3) is 0 Å². The molecule has 0 aliphatic heterocycles. The lowest BCUT2D eigenvalue weighted by molar-refractivity contribution is -0.137. The van der Waals surface area contributed by atoms with E-state index in [1.807, 2.05) is 14.1 Å². The van der Waals surface area contributed by atoms with Gasteiger partial charge in [-0.05, 0) is 52.2 Å². The molecule has 0 bridgehead atoms. The van der Waals surface area contributed by atoms with Gasteiger partial charge in [-0.15, -0.1) is 0 Å². The van der Waals surface area contributed by atoms with Gasteiger partial charge in [-0.25, -0.2) is 4.98 Å². The molecule has 2 rings (SSSR count). The summed E-state index contributed by atoms with van der Waals surface area (Å²) >= 11 is 6.00. The average molecular weight is 388 g/mol. The van der Waals surface area contributed by atoms with E-state index in [1.54, 1.807) is 13.0 Å². The van der Waals surface area contributed by atoms with Crippen LogP contribution in [0.15, 0.2) is 24.3 Å². The minimum Gasteiger partial charge on any atom is -0.370 e. The molecule has 26 heavy (non-hydrogen) atoms. The second-order valence-electron chi connectivity index (χ2n) is 6.12. The van der Waals surface area contributed by atoms with E-state index in [0.717, 1.165) is 31.6 Å². The van der Waals surface area contributed by atoms with Crippen LogP contribution in [-0.4, -0.2) is 42.1 Å². The number of benzene rings is 1. The predicted molar refractivity (Wildman–Crippen MR) is 98.2 cm³/mol. The van der Waals surface area contributed by atoms with E-state index in [2.05, 4.69) is 25.5 Å². The molecule has 2 aromatic rings. The van der Waals surface area contributed by atoms with Crippen LogP contribution in [0.4, 0.5) is 30.6 Å². The first-order chi connectivity index (χ1) is 12.1. The number of aromatic nitrogens is 2. The third-order valence-electron chi connectivity index (χ3n) is 3.48. The third kappa shape index (κ3) is 6.03. The first-order valence-corrected chi connectivity index (χ1v) is 8.41. The van der Waals surface area contributed by atoms with Gasteiger partial charge in [-0.2, -0.15) is 18.2 Å². The molecule has 0 radical (unpaired) electrons. The summed E-state index contributed by atoms with van der Waals surface area (Å²) in [5.41, 5.74) is -0.00885. The first kappa shape index (κ1) is 20.3. The topological polar surface area (TPSA) is 53.1 Å². The van der Waals surface area contributed by atoms with Crippen molar-refractivity contribution < 1.29 is 13.2 Å². The van der Waals surface area contributed by atoms with Crippen molar-refractivity contribution >= 4 is 29.1 Å². The molecule has 0 saturated carbocycles. The van der Waals surface area contributed by atoms with Crippen LogP contribution in [0.3, 0.4) is 0 Å². The molecular formula is C17H21ClF3N5. The molecule has 9 heteroatoms. The summed E-state index contributed by atoms with van der Waals surface area (Å²) in [5, 5.41) is 6.11. The Kier molecular flexibility index (Phi) is 6.66. The van der Waals surface area contributed by atoms with E-state index >= 15 is 0 Å². The predicted octanol–water partition coefficient (Wildman–Crippen LogP) is 4.56. The molecule has 0 aliphatic rings. The Morgan fingerprint density at radius 1 is 1.15 bits per heavy atom. The molecule has 0 atom stereocenters. The quantitative estimate of drug-likeness (QED) is 0.682. The average Bonchev–Trinajstić information content (AvgIpc) is 2.52. The van der Waals surface area contributed by atoms with E-state index in [4.69, 9.17) is 11.6 Å². The molecule has 0 saturated heterocycles. The summed E-state index contributed by atoms with van der Waals surface area (Å²) in [4.78, 5) is 10.6. The number of anilines is 3. The van der Waals surface area contributed by atoms with Gasteiger partial charge in [0, 0.05) is 18.3 Å². The molecule has 0 spiro atoms. The fourth-order valence-electron chi connectivity index (χ4n) is 2.24. The molecule has 0 unspecified atom stereocenters. The number of rotatable bonds is 7. The van der Waals surface area contributed by atoms with Crippen molar-refractivity contribution in [3.8, 4) is 0 Å². The van der Waals surface area contributed by atoms with Gasteiger partial charge >= 0.3 is 6.18 Å². The van der Waals surface area contributed by atoms with Crippen LogP contribution in [0.2, 0.25) is 5.02 Å². The van der Waals surface area contributed by atoms with Gasteiger partial charge in [-0.3, -0.25) is 0 Å². The standard InChI is InChI=1S/C17H21ClF3N5/c1-11-9-15(22-7-4-8-26(2)3)25-16(23-11)24-14-10-12(17(19,20)21)5-6-13(14)18/h5-6,9-10H,4,7-8H2,1-3H3,(H2,22,23,24,25). The fourth-order valence-corrected chi connectivity index (χ4v) is 2.41. The molecule has 1 heterocycles. The summed E-state index contributed by atoms with van der Waals surface area (Å²) in [6, 6.07) is 4.85. The van der Waals surface area contributed by atoms with Crippen LogP contribution in [-0.2, 0) is 6.18 Å². The Bertz CT molecular complexity index is 750. The Balaban J connectivity index is 2.14. The van der Waals surface area contributed by atoms with Crippen molar-refractivity contribution in [3.63, 3.8) is 0 Å². The zero-order valence-corrected chi connectivity index (χ0v) is 15.5. The Morgan fingerprint density at radius 2 is 1.88 bits per heavy atom. The smallest absolute Gasteiger partial charge is 0.370 e. The highest BCUT2D eigenvalue weighted by Gasteiger charge is 2.31.